The zero-order chi connectivity index (χ0) is 6.85. The Morgan fingerprint density at radius 2 is 2.33 bits per heavy atom. The van der Waals surface area contributed by atoms with Crippen LogP contribution >= 0.6 is 0 Å². The standard InChI is InChI=1S/C6H11F2N/c1-2-9-5-3-4(5)6(7)8/h4-6,9H,2-3H2,1H3. The minimum atomic E-state index is -2.12. The molecule has 9 heavy (non-hydrogen) atoms. The number of nitrogens with one attached hydrogen (secondary N) is 1. The van der Waals surface area contributed by atoms with Crippen LogP contribution in [0.4, 0.5) is 8.78 Å². The van der Waals surface area contributed by atoms with E-state index >= 15 is 0 Å². The van der Waals surface area contributed by atoms with Crippen molar-refractivity contribution < 1.29 is 8.78 Å². The molecule has 0 aliphatic heterocycles. The highest BCUT2D eigenvalue weighted by molar-refractivity contribution is 4.94. The van der Waals surface area contributed by atoms with Crippen LogP contribution in [0.3, 0.4) is 0 Å². The normalized spacial score (nSPS) is 33.3. The molecule has 0 aromatic heterocycles. The van der Waals surface area contributed by atoms with E-state index in [1.165, 1.54) is 0 Å². The van der Waals surface area contributed by atoms with E-state index in [1.807, 2.05) is 6.92 Å². The molecule has 1 rings (SSSR count). The SMILES string of the molecule is CCNC1CC1C(F)F. The summed E-state index contributed by atoms with van der Waals surface area (Å²) < 4.78 is 23.5. The minimum absolute atomic E-state index is 0.106. The smallest absolute Gasteiger partial charge is 0.242 e. The van der Waals surface area contributed by atoms with Gasteiger partial charge in [0.1, 0.15) is 0 Å². The zero-order valence-electron chi connectivity index (χ0n) is 5.40. The van der Waals surface area contributed by atoms with Crippen LogP contribution in [0.5, 0.6) is 0 Å². The van der Waals surface area contributed by atoms with Gasteiger partial charge >= 0.3 is 0 Å². The lowest BCUT2D eigenvalue weighted by Gasteiger charge is -1.97. The molecule has 0 spiro atoms. The summed E-state index contributed by atoms with van der Waals surface area (Å²) >= 11 is 0. The highest BCUT2D eigenvalue weighted by Gasteiger charge is 2.43. The first-order valence-electron chi connectivity index (χ1n) is 3.27. The van der Waals surface area contributed by atoms with Crippen LogP contribution in [-0.2, 0) is 0 Å². The fraction of sp³-hybridized carbons (Fsp3) is 1.00. The molecule has 2 unspecified atom stereocenters. The van der Waals surface area contributed by atoms with E-state index in [9.17, 15) is 8.78 Å². The lowest BCUT2D eigenvalue weighted by molar-refractivity contribution is 0.119. The Morgan fingerprint density at radius 1 is 1.67 bits per heavy atom. The second-order valence-corrected chi connectivity index (χ2v) is 2.40. The van der Waals surface area contributed by atoms with Crippen LogP contribution in [0, 0.1) is 5.92 Å². The molecule has 0 aromatic carbocycles. The van der Waals surface area contributed by atoms with Gasteiger partial charge in [-0.05, 0) is 13.0 Å². The first kappa shape index (κ1) is 6.93. The van der Waals surface area contributed by atoms with Gasteiger partial charge in [0.25, 0.3) is 0 Å². The van der Waals surface area contributed by atoms with Gasteiger partial charge in [-0.15, -0.1) is 0 Å². The lowest BCUT2D eigenvalue weighted by atomic mass is 10.4. The molecule has 0 radical (unpaired) electrons. The summed E-state index contributed by atoms with van der Waals surface area (Å²) in [6.45, 7) is 2.73. The van der Waals surface area contributed by atoms with E-state index in [0.29, 0.717) is 6.42 Å². The van der Waals surface area contributed by atoms with E-state index in [1.54, 1.807) is 0 Å². The predicted octanol–water partition coefficient (Wildman–Crippen LogP) is 1.25. The third kappa shape index (κ3) is 1.61. The van der Waals surface area contributed by atoms with Crippen molar-refractivity contribution >= 4 is 0 Å². The highest BCUT2D eigenvalue weighted by atomic mass is 19.3. The van der Waals surface area contributed by atoms with Gasteiger partial charge < -0.3 is 5.32 Å². The molecule has 1 saturated carbocycles. The maximum atomic E-state index is 11.8. The molecule has 0 heterocycles. The molecule has 0 saturated heterocycles. The minimum Gasteiger partial charge on any atom is -0.314 e. The van der Waals surface area contributed by atoms with E-state index in [2.05, 4.69) is 5.32 Å². The van der Waals surface area contributed by atoms with Crippen LogP contribution in [0.25, 0.3) is 0 Å². The third-order valence-electron chi connectivity index (χ3n) is 1.63. The Bertz CT molecular complexity index is 95.1. The number of rotatable bonds is 3. The molecule has 1 nitrogen and oxygen atoms in total. The summed E-state index contributed by atoms with van der Waals surface area (Å²) in [5.74, 6) is -0.357. The van der Waals surface area contributed by atoms with Gasteiger partial charge in [0.2, 0.25) is 6.43 Å². The Labute approximate surface area is 53.4 Å². The fourth-order valence-electron chi connectivity index (χ4n) is 0.990. The van der Waals surface area contributed by atoms with Crippen molar-refractivity contribution in [1.29, 1.82) is 0 Å². The van der Waals surface area contributed by atoms with Gasteiger partial charge in [-0.1, -0.05) is 6.92 Å². The third-order valence-corrected chi connectivity index (χ3v) is 1.63. The number of hydrogen-bond acceptors (Lipinski definition) is 1. The van der Waals surface area contributed by atoms with Crippen LogP contribution in [0.2, 0.25) is 0 Å². The zero-order valence-corrected chi connectivity index (χ0v) is 5.40. The largest absolute Gasteiger partial charge is 0.314 e. The lowest BCUT2D eigenvalue weighted by Crippen LogP contribution is -2.18. The molecular weight excluding hydrogens is 124 g/mol. The Balaban J connectivity index is 2.09. The summed E-state index contributed by atoms with van der Waals surface area (Å²) in [5, 5.41) is 2.97. The van der Waals surface area contributed by atoms with E-state index < -0.39 is 6.43 Å². The Kier molecular flexibility index (Phi) is 2.01. The number of halogens is 2. The van der Waals surface area contributed by atoms with Crippen molar-refractivity contribution in [3.05, 3.63) is 0 Å². The van der Waals surface area contributed by atoms with Crippen molar-refractivity contribution in [1.82, 2.24) is 5.32 Å². The van der Waals surface area contributed by atoms with Crippen LogP contribution in [0.1, 0.15) is 13.3 Å². The van der Waals surface area contributed by atoms with Crippen LogP contribution in [0.15, 0.2) is 0 Å². The molecule has 1 aliphatic rings. The van der Waals surface area contributed by atoms with E-state index in [4.69, 9.17) is 0 Å². The molecule has 1 aliphatic carbocycles. The van der Waals surface area contributed by atoms with Crippen molar-refractivity contribution in [2.24, 2.45) is 5.92 Å². The van der Waals surface area contributed by atoms with Gasteiger partial charge in [0.05, 0.1) is 0 Å². The van der Waals surface area contributed by atoms with Crippen LogP contribution in [-0.4, -0.2) is 19.0 Å². The molecule has 0 aromatic rings. The van der Waals surface area contributed by atoms with Gasteiger partial charge in [0, 0.05) is 12.0 Å². The van der Waals surface area contributed by atoms with Crippen molar-refractivity contribution in [3.63, 3.8) is 0 Å². The fourth-order valence-corrected chi connectivity index (χ4v) is 0.990. The summed E-state index contributed by atoms with van der Waals surface area (Å²) in [5.41, 5.74) is 0. The topological polar surface area (TPSA) is 12.0 Å². The van der Waals surface area contributed by atoms with E-state index in [-0.39, 0.29) is 12.0 Å². The van der Waals surface area contributed by atoms with Gasteiger partial charge in [0.15, 0.2) is 0 Å². The molecule has 0 amide bonds. The maximum absolute atomic E-state index is 11.8. The molecule has 54 valence electrons. The quantitative estimate of drug-likeness (QED) is 0.614. The van der Waals surface area contributed by atoms with Crippen LogP contribution < -0.4 is 5.32 Å². The summed E-state index contributed by atoms with van der Waals surface area (Å²) in [6, 6.07) is 0.106. The van der Waals surface area contributed by atoms with E-state index in [0.717, 1.165) is 6.54 Å². The molecule has 2 atom stereocenters. The summed E-state index contributed by atoms with van der Waals surface area (Å²) in [4.78, 5) is 0. The number of alkyl halides is 2. The van der Waals surface area contributed by atoms with Gasteiger partial charge in [-0.25, -0.2) is 8.78 Å². The maximum Gasteiger partial charge on any atom is 0.242 e. The highest BCUT2D eigenvalue weighted by Crippen LogP contribution is 2.35. The molecule has 0 bridgehead atoms. The number of hydrogen-bond donors (Lipinski definition) is 1. The Hall–Kier alpha value is -0.180. The second kappa shape index (κ2) is 2.60. The molecule has 3 heteroatoms. The van der Waals surface area contributed by atoms with Gasteiger partial charge in [-0.2, -0.15) is 0 Å². The molecular formula is C6H11F2N. The molecule has 1 fully saturated rings. The Morgan fingerprint density at radius 3 is 2.67 bits per heavy atom. The van der Waals surface area contributed by atoms with Crippen molar-refractivity contribution in [2.45, 2.75) is 25.8 Å². The van der Waals surface area contributed by atoms with Crippen molar-refractivity contribution in [3.8, 4) is 0 Å². The average Bonchev–Trinajstić information content (AvgIpc) is 2.47. The van der Waals surface area contributed by atoms with Gasteiger partial charge in [-0.3, -0.25) is 0 Å². The second-order valence-electron chi connectivity index (χ2n) is 2.40. The first-order valence-corrected chi connectivity index (χ1v) is 3.27. The summed E-state index contributed by atoms with van der Waals surface area (Å²) in [6.07, 6.45) is -1.46. The first-order chi connectivity index (χ1) is 4.25. The monoisotopic (exact) mass is 135 g/mol. The average molecular weight is 135 g/mol. The van der Waals surface area contributed by atoms with Crippen molar-refractivity contribution in [2.75, 3.05) is 6.54 Å². The predicted molar refractivity (Wildman–Crippen MR) is 31.6 cm³/mol. The summed E-state index contributed by atoms with van der Waals surface area (Å²) in [7, 11) is 0. The molecule has 1 N–H and O–H groups in total.